The Morgan fingerprint density at radius 1 is 1.54 bits per heavy atom. The zero-order valence-corrected chi connectivity index (χ0v) is 6.90. The summed E-state index contributed by atoms with van der Waals surface area (Å²) >= 11 is 0. The van der Waals surface area contributed by atoms with Crippen molar-refractivity contribution in [2.24, 2.45) is 0 Å². The normalized spacial score (nSPS) is 10.5. The molecular formula is C8H7N3O2. The molecule has 0 aliphatic carbocycles. The third kappa shape index (κ3) is 1.24. The van der Waals surface area contributed by atoms with Crippen molar-refractivity contribution in [3.8, 4) is 5.75 Å². The molecule has 0 aliphatic rings. The van der Waals surface area contributed by atoms with E-state index in [1.807, 2.05) is 0 Å². The van der Waals surface area contributed by atoms with Gasteiger partial charge in [-0.15, -0.1) is 0 Å². The Kier molecular flexibility index (Phi) is 1.51. The highest BCUT2D eigenvalue weighted by molar-refractivity contribution is 5.74. The van der Waals surface area contributed by atoms with Crippen molar-refractivity contribution < 1.29 is 5.11 Å². The number of aryl methyl sites for hydroxylation is 1. The fourth-order valence-corrected chi connectivity index (χ4v) is 1.12. The summed E-state index contributed by atoms with van der Waals surface area (Å²) < 4.78 is 0. The van der Waals surface area contributed by atoms with Crippen LogP contribution in [0.25, 0.3) is 11.0 Å². The van der Waals surface area contributed by atoms with E-state index < -0.39 is 0 Å². The number of nitrogens with one attached hydrogen (secondary N) is 1. The molecule has 0 radical (unpaired) electrons. The molecule has 2 aromatic heterocycles. The molecule has 0 saturated heterocycles. The monoisotopic (exact) mass is 177 g/mol. The lowest BCUT2D eigenvalue weighted by Crippen LogP contribution is -2.10. The van der Waals surface area contributed by atoms with Crippen LogP contribution in [0.5, 0.6) is 5.75 Å². The highest BCUT2D eigenvalue weighted by atomic mass is 16.3. The van der Waals surface area contributed by atoms with Gasteiger partial charge in [0.2, 0.25) is 0 Å². The highest BCUT2D eigenvalue weighted by Crippen LogP contribution is 2.10. The maximum Gasteiger partial charge on any atom is 0.260 e. The Morgan fingerprint density at radius 2 is 2.31 bits per heavy atom. The zero-order valence-electron chi connectivity index (χ0n) is 6.90. The summed E-state index contributed by atoms with van der Waals surface area (Å²) in [6.45, 7) is 1.68. The second-order valence-electron chi connectivity index (χ2n) is 2.72. The first-order valence-corrected chi connectivity index (χ1v) is 3.72. The van der Waals surface area contributed by atoms with Crippen LogP contribution >= 0.6 is 0 Å². The van der Waals surface area contributed by atoms with Gasteiger partial charge < -0.3 is 10.1 Å². The Morgan fingerprint density at radius 3 is 3.08 bits per heavy atom. The van der Waals surface area contributed by atoms with Gasteiger partial charge in [-0.05, 0) is 13.0 Å². The molecule has 2 aromatic rings. The summed E-state index contributed by atoms with van der Waals surface area (Å²) in [5.74, 6) is 0.472. The molecule has 0 atom stereocenters. The number of H-pyrrole nitrogens is 1. The summed E-state index contributed by atoms with van der Waals surface area (Å²) in [6, 6.07) is 1.34. The van der Waals surface area contributed by atoms with E-state index in [4.69, 9.17) is 5.11 Å². The first kappa shape index (κ1) is 7.72. The van der Waals surface area contributed by atoms with Gasteiger partial charge in [-0.3, -0.25) is 4.79 Å². The van der Waals surface area contributed by atoms with Gasteiger partial charge in [0.15, 0.2) is 5.65 Å². The van der Waals surface area contributed by atoms with Gasteiger partial charge in [-0.25, -0.2) is 9.97 Å². The standard InChI is InChI=1S/C8H7N3O2/c1-4-10-7-6(8(13)11-4)2-5(12)3-9-7/h2-3,12H,1H3,(H,9,10,11,13). The van der Waals surface area contributed by atoms with E-state index >= 15 is 0 Å². The maximum atomic E-state index is 11.3. The van der Waals surface area contributed by atoms with Crippen molar-refractivity contribution in [3.63, 3.8) is 0 Å². The molecule has 0 amide bonds. The van der Waals surface area contributed by atoms with Crippen molar-refractivity contribution >= 4 is 11.0 Å². The molecular weight excluding hydrogens is 170 g/mol. The second kappa shape index (κ2) is 2.55. The molecule has 0 unspecified atom stereocenters. The predicted octanol–water partition coefficient (Wildman–Crippen LogP) is 0.332. The van der Waals surface area contributed by atoms with Crippen LogP contribution in [0.15, 0.2) is 17.1 Å². The smallest absolute Gasteiger partial charge is 0.260 e. The van der Waals surface area contributed by atoms with E-state index in [1.54, 1.807) is 6.92 Å². The van der Waals surface area contributed by atoms with Crippen LogP contribution in [0.2, 0.25) is 0 Å². The Hall–Kier alpha value is -1.91. The minimum atomic E-state index is -0.286. The van der Waals surface area contributed by atoms with Crippen LogP contribution < -0.4 is 5.56 Å². The molecule has 13 heavy (non-hydrogen) atoms. The average Bonchev–Trinajstić information content (AvgIpc) is 2.06. The lowest BCUT2D eigenvalue weighted by Gasteiger charge is -1.97. The molecule has 0 saturated carbocycles. The molecule has 0 spiro atoms. The Labute approximate surface area is 73.1 Å². The predicted molar refractivity (Wildman–Crippen MR) is 46.6 cm³/mol. The van der Waals surface area contributed by atoms with E-state index in [9.17, 15) is 4.79 Å². The largest absolute Gasteiger partial charge is 0.506 e. The molecule has 0 fully saturated rings. The first-order valence-electron chi connectivity index (χ1n) is 3.72. The molecule has 0 bridgehead atoms. The molecule has 0 aliphatic heterocycles. The number of aromatic hydroxyl groups is 1. The topological polar surface area (TPSA) is 78.9 Å². The third-order valence-electron chi connectivity index (χ3n) is 1.66. The van der Waals surface area contributed by atoms with E-state index in [1.165, 1.54) is 12.3 Å². The van der Waals surface area contributed by atoms with Crippen molar-refractivity contribution in [1.82, 2.24) is 15.0 Å². The van der Waals surface area contributed by atoms with Crippen LogP contribution in [0, 0.1) is 6.92 Å². The molecule has 2 N–H and O–H groups in total. The van der Waals surface area contributed by atoms with E-state index in [-0.39, 0.29) is 11.3 Å². The average molecular weight is 177 g/mol. The second-order valence-corrected chi connectivity index (χ2v) is 2.72. The number of aromatic nitrogens is 3. The van der Waals surface area contributed by atoms with Crippen LogP contribution in [-0.2, 0) is 0 Å². The van der Waals surface area contributed by atoms with Gasteiger partial charge in [0.05, 0.1) is 11.6 Å². The van der Waals surface area contributed by atoms with Crippen LogP contribution in [0.4, 0.5) is 0 Å². The highest BCUT2D eigenvalue weighted by Gasteiger charge is 2.02. The number of hydrogen-bond acceptors (Lipinski definition) is 4. The number of aromatic amines is 1. The van der Waals surface area contributed by atoms with Crippen molar-refractivity contribution in [1.29, 1.82) is 0 Å². The number of hydrogen-bond donors (Lipinski definition) is 2. The molecule has 2 rings (SSSR count). The van der Waals surface area contributed by atoms with Gasteiger partial charge in [0.1, 0.15) is 11.6 Å². The quantitative estimate of drug-likeness (QED) is 0.607. The summed E-state index contributed by atoms with van der Waals surface area (Å²) in [5, 5.41) is 9.38. The molecule has 66 valence electrons. The minimum absolute atomic E-state index is 0.0383. The van der Waals surface area contributed by atoms with E-state index in [2.05, 4.69) is 15.0 Å². The lowest BCUT2D eigenvalue weighted by atomic mass is 10.3. The molecule has 0 aromatic carbocycles. The SMILES string of the molecule is Cc1nc2ncc(O)cc2c(=O)[nH]1. The fourth-order valence-electron chi connectivity index (χ4n) is 1.12. The summed E-state index contributed by atoms with van der Waals surface area (Å²) in [7, 11) is 0. The number of fused-ring (bicyclic) bond motifs is 1. The van der Waals surface area contributed by atoms with Crippen LogP contribution in [0.3, 0.4) is 0 Å². The van der Waals surface area contributed by atoms with Crippen LogP contribution in [-0.4, -0.2) is 20.1 Å². The van der Waals surface area contributed by atoms with E-state index in [0.29, 0.717) is 16.9 Å². The first-order chi connectivity index (χ1) is 6.16. The van der Waals surface area contributed by atoms with Gasteiger partial charge >= 0.3 is 0 Å². The fraction of sp³-hybridized carbons (Fsp3) is 0.125. The van der Waals surface area contributed by atoms with Crippen molar-refractivity contribution in [2.75, 3.05) is 0 Å². The number of pyridine rings is 1. The summed E-state index contributed by atoms with van der Waals surface area (Å²) in [6.07, 6.45) is 1.26. The maximum absolute atomic E-state index is 11.3. The molecule has 5 nitrogen and oxygen atoms in total. The van der Waals surface area contributed by atoms with Gasteiger partial charge in [0.25, 0.3) is 5.56 Å². The Bertz CT molecular complexity index is 518. The van der Waals surface area contributed by atoms with Crippen LogP contribution in [0.1, 0.15) is 5.82 Å². The number of rotatable bonds is 0. The summed E-state index contributed by atoms with van der Waals surface area (Å²) in [4.78, 5) is 21.6. The zero-order chi connectivity index (χ0) is 9.42. The van der Waals surface area contributed by atoms with Gasteiger partial charge in [-0.1, -0.05) is 0 Å². The Balaban J connectivity index is 2.95. The third-order valence-corrected chi connectivity index (χ3v) is 1.66. The molecule has 5 heteroatoms. The van der Waals surface area contributed by atoms with Gasteiger partial charge in [-0.2, -0.15) is 0 Å². The minimum Gasteiger partial charge on any atom is -0.506 e. The molecule has 2 heterocycles. The van der Waals surface area contributed by atoms with Gasteiger partial charge in [0, 0.05) is 0 Å². The van der Waals surface area contributed by atoms with Crippen molar-refractivity contribution in [2.45, 2.75) is 6.92 Å². The van der Waals surface area contributed by atoms with E-state index in [0.717, 1.165) is 0 Å². The summed E-state index contributed by atoms with van der Waals surface area (Å²) in [5.41, 5.74) is 0.0601. The van der Waals surface area contributed by atoms with Crippen molar-refractivity contribution in [3.05, 3.63) is 28.4 Å². The number of nitrogens with zero attached hydrogens (tertiary/aromatic N) is 2. The lowest BCUT2D eigenvalue weighted by molar-refractivity contribution is 0.473.